The second-order valence-electron chi connectivity index (χ2n) is 4.85. The maximum Gasteiger partial charge on any atom is 0.137 e. The van der Waals surface area contributed by atoms with Crippen molar-refractivity contribution >= 4 is 17.4 Å². The molecule has 1 fully saturated rings. The molecule has 0 spiro atoms. The maximum atomic E-state index is 10.1. The third-order valence-corrected chi connectivity index (χ3v) is 4.07. The second-order valence-corrected chi connectivity index (χ2v) is 5.21. The summed E-state index contributed by atoms with van der Waals surface area (Å²) in [5, 5.41) is 10.6. The highest BCUT2D eigenvalue weighted by Gasteiger charge is 2.28. The van der Waals surface area contributed by atoms with Crippen LogP contribution in [0.1, 0.15) is 38.2 Å². The number of aromatic nitrogens is 2. The molecule has 2 rings (SSSR count). The molecular formula is C13H20ClN3O. The summed E-state index contributed by atoms with van der Waals surface area (Å²) in [6.07, 6.45) is 6.15. The molecule has 2 unspecified atom stereocenters. The van der Waals surface area contributed by atoms with Gasteiger partial charge in [0, 0.05) is 12.6 Å². The van der Waals surface area contributed by atoms with E-state index in [0.29, 0.717) is 5.15 Å². The van der Waals surface area contributed by atoms with Crippen LogP contribution in [0.5, 0.6) is 0 Å². The first kappa shape index (κ1) is 13.6. The van der Waals surface area contributed by atoms with Crippen molar-refractivity contribution < 1.29 is 5.11 Å². The molecule has 1 aromatic heterocycles. The maximum absolute atomic E-state index is 10.1. The molecule has 100 valence electrons. The van der Waals surface area contributed by atoms with Gasteiger partial charge < -0.3 is 10.0 Å². The third kappa shape index (κ3) is 2.59. The Bertz CT molecular complexity index is 413. The average molecular weight is 270 g/mol. The van der Waals surface area contributed by atoms with Crippen molar-refractivity contribution in [3.63, 3.8) is 0 Å². The number of rotatable bonds is 3. The molecule has 1 saturated carbocycles. The Hall–Kier alpha value is -0.870. The van der Waals surface area contributed by atoms with Crippen LogP contribution in [0.4, 0.5) is 5.82 Å². The zero-order valence-corrected chi connectivity index (χ0v) is 11.7. The van der Waals surface area contributed by atoms with E-state index in [1.807, 2.05) is 14.0 Å². The van der Waals surface area contributed by atoms with Crippen LogP contribution in [0.2, 0.25) is 5.15 Å². The fourth-order valence-electron chi connectivity index (χ4n) is 2.69. The van der Waals surface area contributed by atoms with Crippen LogP contribution in [-0.2, 0) is 6.42 Å². The monoisotopic (exact) mass is 269 g/mol. The lowest BCUT2D eigenvalue weighted by Crippen LogP contribution is -2.44. The van der Waals surface area contributed by atoms with Gasteiger partial charge in [-0.15, -0.1) is 0 Å². The highest BCUT2D eigenvalue weighted by molar-refractivity contribution is 6.30. The van der Waals surface area contributed by atoms with E-state index < -0.39 is 0 Å². The Labute approximate surface area is 113 Å². The Morgan fingerprint density at radius 3 is 2.78 bits per heavy atom. The first-order chi connectivity index (χ1) is 8.65. The predicted octanol–water partition coefficient (Wildman–Crippen LogP) is 2.43. The zero-order chi connectivity index (χ0) is 13.1. The number of likely N-dealkylation sites (N-methyl/N-ethyl adjacent to an activating group) is 1. The molecule has 18 heavy (non-hydrogen) atoms. The lowest BCUT2D eigenvalue weighted by atomic mass is 9.91. The van der Waals surface area contributed by atoms with Crippen molar-refractivity contribution in [2.24, 2.45) is 0 Å². The summed E-state index contributed by atoms with van der Waals surface area (Å²) in [4.78, 5) is 10.4. The largest absolute Gasteiger partial charge is 0.391 e. The number of nitrogens with zero attached hydrogens (tertiary/aromatic N) is 3. The predicted molar refractivity (Wildman–Crippen MR) is 73.1 cm³/mol. The number of halogens is 1. The van der Waals surface area contributed by atoms with Crippen LogP contribution < -0.4 is 4.90 Å². The summed E-state index contributed by atoms with van der Waals surface area (Å²) in [7, 11) is 1.98. The third-order valence-electron chi connectivity index (χ3n) is 3.75. The van der Waals surface area contributed by atoms with Crippen molar-refractivity contribution in [1.82, 2.24) is 9.97 Å². The molecule has 0 aromatic carbocycles. The average Bonchev–Trinajstić information content (AvgIpc) is 2.38. The molecule has 2 atom stereocenters. The van der Waals surface area contributed by atoms with Gasteiger partial charge in [0.1, 0.15) is 17.3 Å². The van der Waals surface area contributed by atoms with Crippen LogP contribution in [0.15, 0.2) is 6.33 Å². The van der Waals surface area contributed by atoms with Crippen LogP contribution >= 0.6 is 11.6 Å². The second kappa shape index (κ2) is 5.85. The quantitative estimate of drug-likeness (QED) is 0.857. The highest BCUT2D eigenvalue weighted by atomic mass is 35.5. The first-order valence-corrected chi connectivity index (χ1v) is 6.93. The first-order valence-electron chi connectivity index (χ1n) is 6.55. The Balaban J connectivity index is 2.27. The molecule has 0 saturated heterocycles. The summed E-state index contributed by atoms with van der Waals surface area (Å²) in [6, 6.07) is 0.134. The van der Waals surface area contributed by atoms with E-state index in [0.717, 1.165) is 43.5 Å². The van der Waals surface area contributed by atoms with Gasteiger partial charge in [0.15, 0.2) is 0 Å². The van der Waals surface area contributed by atoms with E-state index in [4.69, 9.17) is 11.6 Å². The van der Waals surface area contributed by atoms with Gasteiger partial charge in [0.2, 0.25) is 0 Å². The minimum Gasteiger partial charge on any atom is -0.391 e. The molecule has 0 radical (unpaired) electrons. The fourth-order valence-corrected chi connectivity index (χ4v) is 2.95. The standard InChI is InChI=1S/C13H20ClN3O/c1-3-9-12(14)15-8-16-13(9)17(2)10-6-4-5-7-11(10)18/h8,10-11,18H,3-7H2,1-2H3. The van der Waals surface area contributed by atoms with E-state index in [2.05, 4.69) is 14.9 Å². The summed E-state index contributed by atoms with van der Waals surface area (Å²) < 4.78 is 0. The molecule has 1 heterocycles. The van der Waals surface area contributed by atoms with E-state index in [-0.39, 0.29) is 12.1 Å². The molecule has 1 aliphatic rings. The normalized spacial score (nSPS) is 24.0. The molecular weight excluding hydrogens is 250 g/mol. The van der Waals surface area contributed by atoms with Gasteiger partial charge in [0.05, 0.1) is 12.1 Å². The topological polar surface area (TPSA) is 49.2 Å². The van der Waals surface area contributed by atoms with Crippen LogP contribution in [-0.4, -0.2) is 34.3 Å². The smallest absolute Gasteiger partial charge is 0.137 e. The van der Waals surface area contributed by atoms with Gasteiger partial charge in [-0.2, -0.15) is 0 Å². The lowest BCUT2D eigenvalue weighted by molar-refractivity contribution is 0.106. The summed E-state index contributed by atoms with van der Waals surface area (Å²) in [5.74, 6) is 0.850. The Morgan fingerprint density at radius 1 is 1.39 bits per heavy atom. The minimum atomic E-state index is -0.276. The molecule has 1 aromatic rings. The van der Waals surface area contributed by atoms with Crippen molar-refractivity contribution in [2.75, 3.05) is 11.9 Å². The minimum absolute atomic E-state index is 0.134. The number of anilines is 1. The van der Waals surface area contributed by atoms with Crippen LogP contribution in [0.3, 0.4) is 0 Å². The van der Waals surface area contributed by atoms with E-state index in [9.17, 15) is 5.11 Å². The number of aliphatic hydroxyl groups excluding tert-OH is 1. The lowest BCUT2D eigenvalue weighted by Gasteiger charge is -2.36. The molecule has 4 nitrogen and oxygen atoms in total. The van der Waals surface area contributed by atoms with E-state index in [1.165, 1.54) is 6.33 Å². The number of aliphatic hydroxyl groups is 1. The van der Waals surface area contributed by atoms with Crippen LogP contribution in [0, 0.1) is 0 Å². The van der Waals surface area contributed by atoms with Gasteiger partial charge >= 0.3 is 0 Å². The highest BCUT2D eigenvalue weighted by Crippen LogP contribution is 2.29. The van der Waals surface area contributed by atoms with Gasteiger partial charge in [-0.3, -0.25) is 0 Å². The molecule has 0 amide bonds. The van der Waals surface area contributed by atoms with Crippen molar-refractivity contribution in [1.29, 1.82) is 0 Å². The van der Waals surface area contributed by atoms with E-state index in [1.54, 1.807) is 0 Å². The Kier molecular flexibility index (Phi) is 4.40. The zero-order valence-electron chi connectivity index (χ0n) is 10.9. The van der Waals surface area contributed by atoms with Gasteiger partial charge in [-0.25, -0.2) is 9.97 Å². The van der Waals surface area contributed by atoms with Crippen molar-refractivity contribution in [3.8, 4) is 0 Å². The summed E-state index contributed by atoms with van der Waals surface area (Å²) in [6.45, 7) is 2.04. The summed E-state index contributed by atoms with van der Waals surface area (Å²) >= 11 is 6.11. The van der Waals surface area contributed by atoms with Gasteiger partial charge in [-0.05, 0) is 19.3 Å². The number of hydrogen-bond acceptors (Lipinski definition) is 4. The molecule has 1 N–H and O–H groups in total. The van der Waals surface area contributed by atoms with Crippen molar-refractivity contribution in [2.45, 2.75) is 51.2 Å². The SMILES string of the molecule is CCc1c(Cl)ncnc1N(C)C1CCCCC1O. The van der Waals surface area contributed by atoms with Gasteiger partial charge in [-0.1, -0.05) is 31.4 Å². The van der Waals surface area contributed by atoms with Gasteiger partial charge in [0.25, 0.3) is 0 Å². The van der Waals surface area contributed by atoms with Crippen LogP contribution in [0.25, 0.3) is 0 Å². The Morgan fingerprint density at radius 2 is 2.11 bits per heavy atom. The van der Waals surface area contributed by atoms with Crippen molar-refractivity contribution in [3.05, 3.63) is 17.0 Å². The molecule has 0 bridgehead atoms. The molecule has 5 heteroatoms. The van der Waals surface area contributed by atoms with E-state index >= 15 is 0 Å². The number of hydrogen-bond donors (Lipinski definition) is 1. The molecule has 1 aliphatic carbocycles. The summed E-state index contributed by atoms with van der Waals surface area (Å²) in [5.41, 5.74) is 0.958. The fraction of sp³-hybridized carbons (Fsp3) is 0.692. The molecule has 0 aliphatic heterocycles.